The SMILES string of the molecule is CCC.O=C(C1CCCC1)N1CCc2ncc(C(F)(F)F)cc2C1.O=C(O)C1CCNCC1. The second-order valence-electron chi connectivity index (χ2n) is 8.89. The number of piperidine rings is 1. The first kappa shape index (κ1) is 27.1. The number of pyridine rings is 1. The fourth-order valence-corrected chi connectivity index (χ4v) is 4.27. The number of amides is 1. The normalized spacial score (nSPS) is 19.0. The van der Waals surface area contributed by atoms with Gasteiger partial charge in [-0.1, -0.05) is 33.1 Å². The maximum Gasteiger partial charge on any atom is 0.417 e. The zero-order valence-corrected chi connectivity index (χ0v) is 19.6. The summed E-state index contributed by atoms with van der Waals surface area (Å²) >= 11 is 0. The topological polar surface area (TPSA) is 82.5 Å². The van der Waals surface area contributed by atoms with Crippen molar-refractivity contribution in [3.63, 3.8) is 0 Å². The molecule has 0 radical (unpaired) electrons. The van der Waals surface area contributed by atoms with E-state index in [9.17, 15) is 22.8 Å². The van der Waals surface area contributed by atoms with Gasteiger partial charge >= 0.3 is 12.1 Å². The van der Waals surface area contributed by atoms with Gasteiger partial charge in [0.15, 0.2) is 0 Å². The first-order valence-electron chi connectivity index (χ1n) is 11.9. The molecule has 2 N–H and O–H groups in total. The van der Waals surface area contributed by atoms with E-state index < -0.39 is 17.7 Å². The number of aliphatic carboxylic acids is 1. The number of carbonyl (C=O) groups is 2. The molecule has 1 aromatic rings. The van der Waals surface area contributed by atoms with Crippen LogP contribution in [0.5, 0.6) is 0 Å². The van der Waals surface area contributed by atoms with Gasteiger partial charge in [-0.05, 0) is 50.4 Å². The summed E-state index contributed by atoms with van der Waals surface area (Å²) in [6.45, 7) is 6.77. The van der Waals surface area contributed by atoms with Crippen LogP contribution in [0.15, 0.2) is 12.3 Å². The molecule has 0 aromatic carbocycles. The number of carbonyl (C=O) groups excluding carboxylic acids is 1. The molecule has 0 spiro atoms. The highest BCUT2D eigenvalue weighted by Gasteiger charge is 2.34. The van der Waals surface area contributed by atoms with Gasteiger partial charge in [0.1, 0.15) is 0 Å². The van der Waals surface area contributed by atoms with E-state index in [1.165, 1.54) is 6.42 Å². The molecule has 2 aliphatic heterocycles. The van der Waals surface area contributed by atoms with Crippen LogP contribution >= 0.6 is 0 Å². The number of hydrogen-bond acceptors (Lipinski definition) is 4. The monoisotopic (exact) mass is 471 g/mol. The molecule has 0 bridgehead atoms. The van der Waals surface area contributed by atoms with Crippen molar-refractivity contribution in [2.24, 2.45) is 11.8 Å². The fourth-order valence-electron chi connectivity index (χ4n) is 4.27. The number of rotatable bonds is 2. The number of halogens is 3. The van der Waals surface area contributed by atoms with Crippen LogP contribution in [0.25, 0.3) is 0 Å². The molecule has 1 aliphatic carbocycles. The predicted molar refractivity (Wildman–Crippen MR) is 120 cm³/mol. The number of carboxylic acid groups (broad SMARTS) is 1. The Morgan fingerprint density at radius 2 is 1.73 bits per heavy atom. The van der Waals surface area contributed by atoms with Crippen LogP contribution in [0.4, 0.5) is 13.2 Å². The highest BCUT2D eigenvalue weighted by atomic mass is 19.4. The van der Waals surface area contributed by atoms with Crippen molar-refractivity contribution in [1.82, 2.24) is 15.2 Å². The maximum atomic E-state index is 12.7. The zero-order chi connectivity index (χ0) is 24.4. The number of hydrogen-bond donors (Lipinski definition) is 2. The van der Waals surface area contributed by atoms with Crippen molar-refractivity contribution < 1.29 is 27.9 Å². The zero-order valence-electron chi connectivity index (χ0n) is 19.6. The van der Waals surface area contributed by atoms with Gasteiger partial charge in [-0.15, -0.1) is 0 Å². The lowest BCUT2D eigenvalue weighted by atomic mass is 9.99. The van der Waals surface area contributed by atoms with Crippen molar-refractivity contribution in [2.45, 2.75) is 77.9 Å². The van der Waals surface area contributed by atoms with Crippen molar-refractivity contribution >= 4 is 11.9 Å². The molecule has 1 amide bonds. The van der Waals surface area contributed by atoms with Gasteiger partial charge in [0.05, 0.1) is 11.5 Å². The minimum atomic E-state index is -4.39. The van der Waals surface area contributed by atoms with Crippen LogP contribution in [-0.4, -0.2) is 46.5 Å². The Morgan fingerprint density at radius 3 is 2.24 bits per heavy atom. The summed E-state index contributed by atoms with van der Waals surface area (Å²) in [6.07, 6.45) is 3.80. The molecular weight excluding hydrogens is 435 g/mol. The van der Waals surface area contributed by atoms with Gasteiger partial charge in [-0.2, -0.15) is 13.2 Å². The van der Waals surface area contributed by atoms with Crippen LogP contribution in [0.1, 0.15) is 75.6 Å². The molecule has 1 saturated heterocycles. The van der Waals surface area contributed by atoms with Crippen LogP contribution in [0, 0.1) is 11.8 Å². The largest absolute Gasteiger partial charge is 0.481 e. The van der Waals surface area contributed by atoms with Gasteiger partial charge in [-0.3, -0.25) is 14.6 Å². The second kappa shape index (κ2) is 12.9. The molecular formula is C24H36F3N3O3. The van der Waals surface area contributed by atoms with E-state index in [0.29, 0.717) is 24.2 Å². The third-order valence-corrected chi connectivity index (χ3v) is 6.07. The Balaban J connectivity index is 0.000000267. The Morgan fingerprint density at radius 1 is 1.12 bits per heavy atom. The van der Waals surface area contributed by atoms with Gasteiger partial charge in [0.2, 0.25) is 5.91 Å². The molecule has 6 nitrogen and oxygen atoms in total. The van der Waals surface area contributed by atoms with E-state index in [0.717, 1.165) is 63.9 Å². The number of alkyl halides is 3. The number of carboxylic acids is 1. The molecule has 4 rings (SSSR count). The van der Waals surface area contributed by atoms with Gasteiger partial charge < -0.3 is 15.3 Å². The highest BCUT2D eigenvalue weighted by Crippen LogP contribution is 2.32. The standard InChI is InChI=1S/C15H17F3N2O.C6H11NO2.C3H8/c16-15(17,18)12-7-11-9-20(6-5-13(11)19-8-12)14(21)10-3-1-2-4-10;8-6(9)5-1-3-7-4-2-5;1-3-2/h7-8,10H,1-6,9H2;5,7H,1-4H2,(H,8,9);3H2,1-2H3. The van der Waals surface area contributed by atoms with Gasteiger partial charge in [-0.25, -0.2) is 0 Å². The minimum absolute atomic E-state index is 0.0605. The van der Waals surface area contributed by atoms with E-state index in [2.05, 4.69) is 24.1 Å². The summed E-state index contributed by atoms with van der Waals surface area (Å²) < 4.78 is 38.2. The van der Waals surface area contributed by atoms with Crippen LogP contribution < -0.4 is 5.32 Å². The fraction of sp³-hybridized carbons (Fsp3) is 0.708. The first-order valence-corrected chi connectivity index (χ1v) is 11.9. The Hall–Kier alpha value is -2.16. The average Bonchev–Trinajstić information content (AvgIpc) is 3.34. The van der Waals surface area contributed by atoms with Crippen molar-refractivity contribution in [2.75, 3.05) is 19.6 Å². The lowest BCUT2D eigenvalue weighted by Gasteiger charge is -2.30. The summed E-state index contributed by atoms with van der Waals surface area (Å²) in [5.41, 5.74) is 0.470. The summed E-state index contributed by atoms with van der Waals surface area (Å²) in [6, 6.07) is 1.14. The second-order valence-corrected chi connectivity index (χ2v) is 8.89. The van der Waals surface area contributed by atoms with E-state index in [1.54, 1.807) is 4.90 Å². The quantitative estimate of drug-likeness (QED) is 0.656. The number of nitrogens with one attached hydrogen (secondary N) is 1. The molecule has 1 aromatic heterocycles. The van der Waals surface area contributed by atoms with Crippen LogP contribution in [0.3, 0.4) is 0 Å². The smallest absolute Gasteiger partial charge is 0.417 e. The molecule has 2 fully saturated rings. The lowest BCUT2D eigenvalue weighted by molar-refractivity contribution is -0.142. The first-order chi connectivity index (χ1) is 15.7. The number of nitrogens with zero attached hydrogens (tertiary/aromatic N) is 2. The third-order valence-electron chi connectivity index (χ3n) is 6.07. The molecule has 0 atom stereocenters. The van der Waals surface area contributed by atoms with E-state index in [1.807, 2.05) is 0 Å². The lowest BCUT2D eigenvalue weighted by Crippen LogP contribution is -2.39. The Bertz CT molecular complexity index is 774. The minimum Gasteiger partial charge on any atom is -0.481 e. The highest BCUT2D eigenvalue weighted by molar-refractivity contribution is 5.79. The molecule has 33 heavy (non-hydrogen) atoms. The molecule has 0 unspecified atom stereocenters. The summed E-state index contributed by atoms with van der Waals surface area (Å²) in [7, 11) is 0. The van der Waals surface area contributed by atoms with Gasteiger partial charge in [0.25, 0.3) is 0 Å². The Labute approximate surface area is 194 Å². The summed E-state index contributed by atoms with van der Waals surface area (Å²) in [5.74, 6) is -0.580. The molecule has 3 aliphatic rings. The summed E-state index contributed by atoms with van der Waals surface area (Å²) in [4.78, 5) is 28.3. The third kappa shape index (κ3) is 8.28. The van der Waals surface area contributed by atoms with E-state index in [4.69, 9.17) is 5.11 Å². The van der Waals surface area contributed by atoms with E-state index >= 15 is 0 Å². The molecule has 9 heteroatoms. The van der Waals surface area contributed by atoms with Crippen LogP contribution in [0.2, 0.25) is 0 Å². The van der Waals surface area contributed by atoms with Gasteiger partial charge in [0, 0.05) is 37.3 Å². The summed E-state index contributed by atoms with van der Waals surface area (Å²) in [5, 5.41) is 11.6. The molecule has 1 saturated carbocycles. The van der Waals surface area contributed by atoms with Crippen molar-refractivity contribution in [1.29, 1.82) is 0 Å². The predicted octanol–water partition coefficient (Wildman–Crippen LogP) is 4.66. The van der Waals surface area contributed by atoms with Crippen LogP contribution in [-0.2, 0) is 28.7 Å². The van der Waals surface area contributed by atoms with Crippen molar-refractivity contribution in [3.05, 3.63) is 29.1 Å². The van der Waals surface area contributed by atoms with Crippen molar-refractivity contribution in [3.8, 4) is 0 Å². The molecule has 3 heterocycles. The van der Waals surface area contributed by atoms with E-state index in [-0.39, 0.29) is 24.3 Å². The maximum absolute atomic E-state index is 12.7. The molecule has 186 valence electrons. The Kier molecular flexibility index (Phi) is 10.6. The number of fused-ring (bicyclic) bond motifs is 1. The number of aromatic nitrogens is 1. The average molecular weight is 472 g/mol.